The lowest BCUT2D eigenvalue weighted by molar-refractivity contribution is 0.472. The van der Waals surface area contributed by atoms with Crippen LogP contribution in [0.1, 0.15) is 53.4 Å². The van der Waals surface area contributed by atoms with Gasteiger partial charge < -0.3 is 0 Å². The van der Waals surface area contributed by atoms with Gasteiger partial charge in [0.15, 0.2) is 0 Å². The molecule has 11 heavy (non-hydrogen) atoms. The zero-order chi connectivity index (χ0) is 8.91. The van der Waals surface area contributed by atoms with Crippen molar-refractivity contribution in [1.29, 1.82) is 0 Å². The second-order valence-corrected chi connectivity index (χ2v) is 4.97. The van der Waals surface area contributed by atoms with Gasteiger partial charge in [-0.2, -0.15) is 0 Å². The van der Waals surface area contributed by atoms with Gasteiger partial charge in [-0.05, 0) is 25.7 Å². The molecule has 0 bridgehead atoms. The third kappa shape index (κ3) is 6.68. The first-order valence-corrected chi connectivity index (χ1v) is 5.04. The minimum Gasteiger partial charge on any atom is -0.120 e. The van der Waals surface area contributed by atoms with Crippen molar-refractivity contribution >= 4 is 11.6 Å². The van der Waals surface area contributed by atoms with E-state index in [0.29, 0.717) is 0 Å². The molecule has 0 aromatic carbocycles. The van der Waals surface area contributed by atoms with Crippen molar-refractivity contribution in [3.63, 3.8) is 0 Å². The lowest BCUT2D eigenvalue weighted by atomic mass is 9.97. The molecule has 0 fully saturated rings. The number of rotatable bonds is 5. The van der Waals surface area contributed by atoms with Crippen LogP contribution in [-0.4, -0.2) is 4.87 Å². The van der Waals surface area contributed by atoms with Gasteiger partial charge in [0.25, 0.3) is 0 Å². The van der Waals surface area contributed by atoms with Gasteiger partial charge in [-0.25, -0.2) is 0 Å². The third-order valence-electron chi connectivity index (χ3n) is 2.22. The maximum atomic E-state index is 6.20. The van der Waals surface area contributed by atoms with Gasteiger partial charge in [0.05, 0.1) is 0 Å². The van der Waals surface area contributed by atoms with E-state index < -0.39 is 0 Å². The molecule has 0 saturated heterocycles. The minimum atomic E-state index is 0.0505. The smallest absolute Gasteiger partial charge is 0.0416 e. The topological polar surface area (TPSA) is 0 Å². The van der Waals surface area contributed by atoms with Crippen molar-refractivity contribution in [3.05, 3.63) is 0 Å². The van der Waals surface area contributed by atoms with Crippen LogP contribution in [0.3, 0.4) is 0 Å². The normalized spacial score (nSPS) is 16.9. The predicted octanol–water partition coefficient (Wildman–Crippen LogP) is 4.22. The summed E-state index contributed by atoms with van der Waals surface area (Å²) in [6, 6.07) is 0. The van der Waals surface area contributed by atoms with E-state index in [2.05, 4.69) is 27.7 Å². The monoisotopic (exact) mass is 176 g/mol. The Morgan fingerprint density at radius 3 is 2.27 bits per heavy atom. The molecular weight excluding hydrogens is 156 g/mol. The summed E-state index contributed by atoms with van der Waals surface area (Å²) in [4.78, 5) is 0.0505. The highest BCUT2D eigenvalue weighted by Crippen LogP contribution is 2.26. The summed E-state index contributed by atoms with van der Waals surface area (Å²) in [6.07, 6.45) is 4.81. The standard InChI is InChI=1S/C10H21Cl/c1-5-10(4,11)8-6-7-9(2)3/h9H,5-8H2,1-4H3. The van der Waals surface area contributed by atoms with Crippen LogP contribution in [-0.2, 0) is 0 Å². The Hall–Kier alpha value is 0.290. The summed E-state index contributed by atoms with van der Waals surface area (Å²) < 4.78 is 0. The Morgan fingerprint density at radius 2 is 1.91 bits per heavy atom. The summed E-state index contributed by atoms with van der Waals surface area (Å²) in [6.45, 7) is 8.81. The second-order valence-electron chi connectivity index (χ2n) is 4.05. The first kappa shape index (κ1) is 11.3. The Morgan fingerprint density at radius 1 is 1.36 bits per heavy atom. The second kappa shape index (κ2) is 5.03. The molecule has 68 valence electrons. The third-order valence-corrected chi connectivity index (χ3v) is 2.67. The van der Waals surface area contributed by atoms with E-state index in [1.807, 2.05) is 0 Å². The first-order valence-electron chi connectivity index (χ1n) is 4.67. The van der Waals surface area contributed by atoms with Crippen molar-refractivity contribution < 1.29 is 0 Å². The van der Waals surface area contributed by atoms with Gasteiger partial charge in [-0.3, -0.25) is 0 Å². The van der Waals surface area contributed by atoms with Crippen LogP contribution in [0.5, 0.6) is 0 Å². The molecular formula is C10H21Cl. The van der Waals surface area contributed by atoms with Gasteiger partial charge in [0, 0.05) is 4.87 Å². The van der Waals surface area contributed by atoms with Crippen LogP contribution in [0, 0.1) is 5.92 Å². The number of halogens is 1. The van der Waals surface area contributed by atoms with Crippen LogP contribution < -0.4 is 0 Å². The molecule has 0 amide bonds. The molecule has 0 aliphatic carbocycles. The first-order chi connectivity index (χ1) is 4.98. The lowest BCUT2D eigenvalue weighted by Crippen LogP contribution is -2.14. The summed E-state index contributed by atoms with van der Waals surface area (Å²) in [5.74, 6) is 0.819. The molecule has 0 spiro atoms. The number of hydrogen-bond donors (Lipinski definition) is 0. The summed E-state index contributed by atoms with van der Waals surface area (Å²) in [7, 11) is 0. The maximum Gasteiger partial charge on any atom is 0.0416 e. The zero-order valence-electron chi connectivity index (χ0n) is 8.28. The zero-order valence-corrected chi connectivity index (χ0v) is 9.04. The van der Waals surface area contributed by atoms with Crippen molar-refractivity contribution in [3.8, 4) is 0 Å². The van der Waals surface area contributed by atoms with Crippen LogP contribution >= 0.6 is 11.6 Å². The van der Waals surface area contributed by atoms with Gasteiger partial charge >= 0.3 is 0 Å². The van der Waals surface area contributed by atoms with Gasteiger partial charge in [-0.15, -0.1) is 11.6 Å². The number of alkyl halides is 1. The molecule has 0 saturated carbocycles. The molecule has 0 aliphatic rings. The van der Waals surface area contributed by atoms with Crippen LogP contribution in [0.15, 0.2) is 0 Å². The molecule has 0 nitrogen and oxygen atoms in total. The number of hydrogen-bond acceptors (Lipinski definition) is 0. The fourth-order valence-electron chi connectivity index (χ4n) is 1.06. The molecule has 1 unspecified atom stereocenters. The SMILES string of the molecule is CCC(C)(Cl)CCCC(C)C. The summed E-state index contributed by atoms with van der Waals surface area (Å²) >= 11 is 6.20. The van der Waals surface area contributed by atoms with E-state index in [1.54, 1.807) is 0 Å². The maximum absolute atomic E-state index is 6.20. The molecule has 0 heterocycles. The highest BCUT2D eigenvalue weighted by atomic mass is 35.5. The molecule has 1 atom stereocenters. The van der Waals surface area contributed by atoms with Crippen molar-refractivity contribution in [1.82, 2.24) is 0 Å². The van der Waals surface area contributed by atoms with Gasteiger partial charge in [-0.1, -0.05) is 33.6 Å². The van der Waals surface area contributed by atoms with Crippen molar-refractivity contribution in [2.24, 2.45) is 5.92 Å². The molecule has 0 radical (unpaired) electrons. The highest BCUT2D eigenvalue weighted by molar-refractivity contribution is 6.23. The molecule has 0 rings (SSSR count). The van der Waals surface area contributed by atoms with Crippen molar-refractivity contribution in [2.75, 3.05) is 0 Å². The summed E-state index contributed by atoms with van der Waals surface area (Å²) in [5, 5.41) is 0. The average molecular weight is 177 g/mol. The molecule has 0 aromatic heterocycles. The van der Waals surface area contributed by atoms with E-state index in [-0.39, 0.29) is 4.87 Å². The van der Waals surface area contributed by atoms with Gasteiger partial charge in [0.2, 0.25) is 0 Å². The predicted molar refractivity (Wildman–Crippen MR) is 53.2 cm³/mol. The fourth-order valence-corrected chi connectivity index (χ4v) is 1.19. The van der Waals surface area contributed by atoms with Crippen LogP contribution in [0.4, 0.5) is 0 Å². The van der Waals surface area contributed by atoms with Crippen LogP contribution in [0.25, 0.3) is 0 Å². The lowest BCUT2D eigenvalue weighted by Gasteiger charge is -2.19. The average Bonchev–Trinajstić information content (AvgIpc) is 1.87. The molecule has 0 N–H and O–H groups in total. The van der Waals surface area contributed by atoms with E-state index >= 15 is 0 Å². The largest absolute Gasteiger partial charge is 0.120 e. The molecule has 0 aromatic rings. The van der Waals surface area contributed by atoms with Crippen LogP contribution in [0.2, 0.25) is 0 Å². The Bertz CT molecular complexity index is 95.0. The quantitative estimate of drug-likeness (QED) is 0.551. The highest BCUT2D eigenvalue weighted by Gasteiger charge is 2.16. The minimum absolute atomic E-state index is 0.0505. The fraction of sp³-hybridized carbons (Fsp3) is 1.00. The van der Waals surface area contributed by atoms with Crippen molar-refractivity contribution in [2.45, 2.75) is 58.3 Å². The Balaban J connectivity index is 3.38. The van der Waals surface area contributed by atoms with Gasteiger partial charge in [0.1, 0.15) is 0 Å². The van der Waals surface area contributed by atoms with E-state index in [1.165, 1.54) is 12.8 Å². The van der Waals surface area contributed by atoms with E-state index in [9.17, 15) is 0 Å². The Kier molecular flexibility index (Phi) is 5.16. The summed E-state index contributed by atoms with van der Waals surface area (Å²) in [5.41, 5.74) is 0. The van der Waals surface area contributed by atoms with E-state index in [4.69, 9.17) is 11.6 Å². The molecule has 0 aliphatic heterocycles. The molecule has 1 heteroatoms. The van der Waals surface area contributed by atoms with E-state index in [0.717, 1.165) is 18.8 Å². The Labute approximate surface area is 76.3 Å².